The van der Waals surface area contributed by atoms with Gasteiger partial charge in [0.25, 0.3) is 0 Å². The average Bonchev–Trinajstić information content (AvgIpc) is 2.52. The van der Waals surface area contributed by atoms with Crippen molar-refractivity contribution in [3.05, 3.63) is 0 Å². The minimum atomic E-state index is -0.380. The first-order valence-corrected chi connectivity index (χ1v) is 7.38. The molecule has 0 bridgehead atoms. The van der Waals surface area contributed by atoms with E-state index in [2.05, 4.69) is 52.0 Å². The highest BCUT2D eigenvalue weighted by Gasteiger charge is 2.47. The zero-order valence-corrected chi connectivity index (χ0v) is 13.7. The predicted octanol–water partition coefficient (Wildman–Crippen LogP) is 1.91. The second-order valence-electron chi connectivity index (χ2n) is 7.09. The summed E-state index contributed by atoms with van der Waals surface area (Å²) in [7, 11) is 4.17. The van der Waals surface area contributed by atoms with Crippen molar-refractivity contribution in [3.63, 3.8) is 0 Å². The van der Waals surface area contributed by atoms with E-state index in [-0.39, 0.29) is 23.0 Å². The number of hydrogen-bond donors (Lipinski definition) is 1. The van der Waals surface area contributed by atoms with E-state index >= 15 is 0 Å². The van der Waals surface area contributed by atoms with Gasteiger partial charge in [0.2, 0.25) is 5.91 Å². The lowest BCUT2D eigenvalue weighted by molar-refractivity contribution is -0.134. The third-order valence-corrected chi connectivity index (χ3v) is 4.03. The highest BCUT2D eigenvalue weighted by Crippen LogP contribution is 2.29. The molecule has 1 N–H and O–H groups in total. The molecule has 2 atom stereocenters. The van der Waals surface area contributed by atoms with Crippen LogP contribution in [0.3, 0.4) is 0 Å². The fourth-order valence-electron chi connectivity index (χ4n) is 3.09. The van der Waals surface area contributed by atoms with Gasteiger partial charge in [-0.1, -0.05) is 27.7 Å². The van der Waals surface area contributed by atoms with Crippen LogP contribution in [-0.2, 0) is 4.79 Å². The Balaban J connectivity index is 2.84. The SMILES string of the molecule is CCC1NC(C)(CC)C(=O)N1CC(C)(C)CN(C)C. The molecule has 1 aliphatic heterocycles. The van der Waals surface area contributed by atoms with Gasteiger partial charge < -0.3 is 9.80 Å². The second kappa shape index (κ2) is 5.80. The summed E-state index contributed by atoms with van der Waals surface area (Å²) < 4.78 is 0. The molecule has 4 heteroatoms. The Labute approximate surface area is 118 Å². The number of carbonyl (C=O) groups excluding carboxylic acids is 1. The smallest absolute Gasteiger partial charge is 0.243 e. The lowest BCUT2D eigenvalue weighted by atomic mass is 9.91. The lowest BCUT2D eigenvalue weighted by Gasteiger charge is -2.35. The van der Waals surface area contributed by atoms with E-state index in [1.807, 2.05) is 11.8 Å². The van der Waals surface area contributed by atoms with E-state index in [0.29, 0.717) is 0 Å². The van der Waals surface area contributed by atoms with Gasteiger partial charge in [0, 0.05) is 13.1 Å². The molecule has 19 heavy (non-hydrogen) atoms. The van der Waals surface area contributed by atoms with Gasteiger partial charge in [0.1, 0.15) is 0 Å². The van der Waals surface area contributed by atoms with Crippen molar-refractivity contribution >= 4 is 5.91 Å². The molecule has 1 aliphatic rings. The standard InChI is InChI=1S/C15H31N3O/c1-8-12-16-15(5,9-2)13(19)18(12)11-14(3,4)10-17(6)7/h12,16H,8-11H2,1-7H3. The van der Waals surface area contributed by atoms with Crippen molar-refractivity contribution in [3.8, 4) is 0 Å². The van der Waals surface area contributed by atoms with Gasteiger partial charge in [0.05, 0.1) is 11.7 Å². The molecular formula is C15H31N3O. The molecule has 0 aromatic carbocycles. The molecule has 1 saturated heterocycles. The summed E-state index contributed by atoms with van der Waals surface area (Å²) >= 11 is 0. The predicted molar refractivity (Wildman–Crippen MR) is 80.0 cm³/mol. The van der Waals surface area contributed by atoms with Crippen LogP contribution in [0.2, 0.25) is 0 Å². The molecule has 0 aromatic rings. The molecule has 1 rings (SSSR count). The lowest BCUT2D eigenvalue weighted by Crippen LogP contribution is -2.46. The van der Waals surface area contributed by atoms with Crippen LogP contribution in [-0.4, -0.2) is 54.6 Å². The Morgan fingerprint density at radius 2 is 1.95 bits per heavy atom. The van der Waals surface area contributed by atoms with Gasteiger partial charge in [-0.3, -0.25) is 10.1 Å². The van der Waals surface area contributed by atoms with E-state index in [9.17, 15) is 4.79 Å². The van der Waals surface area contributed by atoms with E-state index in [1.165, 1.54) is 0 Å². The Kier molecular flexibility index (Phi) is 5.02. The minimum absolute atomic E-state index is 0.104. The first-order chi connectivity index (χ1) is 8.65. The van der Waals surface area contributed by atoms with E-state index < -0.39 is 0 Å². The molecule has 2 unspecified atom stereocenters. The summed E-state index contributed by atoms with van der Waals surface area (Å²) in [4.78, 5) is 16.9. The fraction of sp³-hybridized carbons (Fsp3) is 0.933. The van der Waals surface area contributed by atoms with Crippen LogP contribution in [0.15, 0.2) is 0 Å². The number of amides is 1. The van der Waals surface area contributed by atoms with Crippen LogP contribution in [0.1, 0.15) is 47.5 Å². The summed E-state index contributed by atoms with van der Waals surface area (Å²) in [5, 5.41) is 3.51. The van der Waals surface area contributed by atoms with Gasteiger partial charge in [-0.15, -0.1) is 0 Å². The van der Waals surface area contributed by atoms with E-state index in [0.717, 1.165) is 25.9 Å². The van der Waals surface area contributed by atoms with Crippen LogP contribution >= 0.6 is 0 Å². The zero-order valence-electron chi connectivity index (χ0n) is 13.7. The fourth-order valence-corrected chi connectivity index (χ4v) is 3.09. The molecule has 1 fully saturated rings. The first kappa shape index (κ1) is 16.4. The van der Waals surface area contributed by atoms with Crippen molar-refractivity contribution in [2.45, 2.75) is 59.2 Å². The van der Waals surface area contributed by atoms with Crippen molar-refractivity contribution in [2.24, 2.45) is 5.41 Å². The third kappa shape index (κ3) is 3.69. The molecule has 0 saturated carbocycles. The van der Waals surface area contributed by atoms with E-state index in [1.54, 1.807) is 0 Å². The quantitative estimate of drug-likeness (QED) is 0.800. The summed E-state index contributed by atoms with van der Waals surface area (Å²) in [6.45, 7) is 12.5. The molecular weight excluding hydrogens is 238 g/mol. The van der Waals surface area contributed by atoms with Gasteiger partial charge in [-0.2, -0.15) is 0 Å². The number of nitrogens with zero attached hydrogens (tertiary/aromatic N) is 2. The first-order valence-electron chi connectivity index (χ1n) is 7.38. The molecule has 0 aromatic heterocycles. The summed E-state index contributed by atoms with van der Waals surface area (Å²) in [5.74, 6) is 0.258. The molecule has 0 spiro atoms. The highest BCUT2D eigenvalue weighted by atomic mass is 16.2. The minimum Gasteiger partial charge on any atom is -0.325 e. The van der Waals surface area contributed by atoms with Gasteiger partial charge in [-0.25, -0.2) is 0 Å². The maximum absolute atomic E-state index is 12.6. The van der Waals surface area contributed by atoms with Crippen LogP contribution in [0, 0.1) is 5.41 Å². The van der Waals surface area contributed by atoms with Crippen molar-refractivity contribution in [1.29, 1.82) is 0 Å². The van der Waals surface area contributed by atoms with Crippen molar-refractivity contribution in [1.82, 2.24) is 15.1 Å². The van der Waals surface area contributed by atoms with Crippen molar-refractivity contribution in [2.75, 3.05) is 27.2 Å². The van der Waals surface area contributed by atoms with Crippen LogP contribution in [0.5, 0.6) is 0 Å². The third-order valence-electron chi connectivity index (χ3n) is 4.03. The van der Waals surface area contributed by atoms with E-state index in [4.69, 9.17) is 0 Å². The second-order valence-corrected chi connectivity index (χ2v) is 7.09. The number of hydrogen-bond acceptors (Lipinski definition) is 3. The van der Waals surface area contributed by atoms with Crippen LogP contribution in [0.4, 0.5) is 0 Å². The van der Waals surface area contributed by atoms with Gasteiger partial charge in [0.15, 0.2) is 0 Å². The molecule has 112 valence electrons. The number of nitrogens with one attached hydrogen (secondary N) is 1. The molecule has 4 nitrogen and oxygen atoms in total. The highest BCUT2D eigenvalue weighted by molar-refractivity contribution is 5.88. The Morgan fingerprint density at radius 1 is 1.37 bits per heavy atom. The number of carbonyl (C=O) groups is 1. The Hall–Kier alpha value is -0.610. The van der Waals surface area contributed by atoms with Crippen LogP contribution < -0.4 is 5.32 Å². The Bertz CT molecular complexity index is 327. The monoisotopic (exact) mass is 269 g/mol. The summed E-state index contributed by atoms with van der Waals surface area (Å²) in [6.07, 6.45) is 1.98. The zero-order chi connectivity index (χ0) is 14.8. The average molecular weight is 269 g/mol. The normalized spacial score (nSPS) is 28.5. The summed E-state index contributed by atoms with van der Waals surface area (Å²) in [6, 6.07) is 0. The molecule has 0 aliphatic carbocycles. The maximum Gasteiger partial charge on any atom is 0.243 e. The Morgan fingerprint density at radius 3 is 2.37 bits per heavy atom. The maximum atomic E-state index is 12.6. The van der Waals surface area contributed by atoms with Crippen molar-refractivity contribution < 1.29 is 4.79 Å². The van der Waals surface area contributed by atoms with Crippen LogP contribution in [0.25, 0.3) is 0 Å². The molecule has 1 heterocycles. The summed E-state index contributed by atoms with van der Waals surface area (Å²) in [5.41, 5.74) is -0.276. The number of rotatable bonds is 6. The van der Waals surface area contributed by atoms with Gasteiger partial charge in [-0.05, 0) is 39.3 Å². The molecule has 0 radical (unpaired) electrons. The topological polar surface area (TPSA) is 35.6 Å². The van der Waals surface area contributed by atoms with Gasteiger partial charge >= 0.3 is 0 Å². The largest absolute Gasteiger partial charge is 0.325 e. The molecule has 1 amide bonds.